The van der Waals surface area contributed by atoms with Crippen molar-refractivity contribution in [3.8, 4) is 0 Å². The van der Waals surface area contributed by atoms with Crippen molar-refractivity contribution < 1.29 is 32.7 Å². The summed E-state index contributed by atoms with van der Waals surface area (Å²) in [6, 6.07) is 20.9. The smallest absolute Gasteiger partial charge is 0.326 e. The summed E-state index contributed by atoms with van der Waals surface area (Å²) in [5, 5.41) is 18.3. The summed E-state index contributed by atoms with van der Waals surface area (Å²) < 4.78 is 26.6. The molecule has 0 saturated carbocycles. The molecular formula is C34H39N5O7S. The molecule has 3 amide bonds. The molecule has 2 atom stereocenters. The Hall–Kier alpha value is -4.59. The fraction of sp³-hybridized carbons (Fsp3) is 0.353. The molecule has 0 spiro atoms. The fourth-order valence-electron chi connectivity index (χ4n) is 5.79. The number of carboxylic acid groups (broad SMARTS) is 1. The molecule has 248 valence electrons. The van der Waals surface area contributed by atoms with E-state index in [1.54, 1.807) is 78.9 Å². The molecule has 3 aromatic carbocycles. The molecule has 1 fully saturated rings. The quantitative estimate of drug-likeness (QED) is 0.319. The van der Waals surface area contributed by atoms with Crippen molar-refractivity contribution in [1.82, 2.24) is 15.1 Å². The first-order valence-electron chi connectivity index (χ1n) is 15.5. The molecule has 6 heterocycles. The standard InChI is InChI=1S/C34H39N5O7S/c40-31-20-38-14-16-39(17-15-38)21-32(41)36-29-12-8-25(9-13-29)19-30(34(43)44)37-33(42)27(18-24-6-10-28(35-31)11-7-24)23-47(45,46)22-26-4-2-1-3-5-26/h1-13,27,30H,14-23H2,(H,35,40)(H,36,41)(H,37,42)(H,43,44)/t27-,30-/m0/s1. The summed E-state index contributed by atoms with van der Waals surface area (Å²) in [6.07, 6.45) is -0.00342. The highest BCUT2D eigenvalue weighted by molar-refractivity contribution is 7.90. The molecule has 1 saturated heterocycles. The van der Waals surface area contributed by atoms with Crippen LogP contribution in [0, 0.1) is 5.92 Å². The van der Waals surface area contributed by atoms with Crippen molar-refractivity contribution in [2.45, 2.75) is 24.6 Å². The third-order valence-electron chi connectivity index (χ3n) is 8.27. The zero-order chi connectivity index (χ0) is 33.4. The Morgan fingerprint density at radius 3 is 1.70 bits per heavy atom. The number of carboxylic acids is 1. The van der Waals surface area contributed by atoms with Gasteiger partial charge in [0.05, 0.1) is 30.5 Å². The molecular weight excluding hydrogens is 622 g/mol. The Balaban J connectivity index is 1.39. The molecule has 0 radical (unpaired) electrons. The van der Waals surface area contributed by atoms with E-state index in [0.717, 1.165) is 0 Å². The normalized spacial score (nSPS) is 22.9. The average Bonchev–Trinajstić information content (AvgIpc) is 3.03. The van der Waals surface area contributed by atoms with Crippen LogP contribution in [0.5, 0.6) is 0 Å². The molecule has 3 aromatic rings. The van der Waals surface area contributed by atoms with Crippen LogP contribution in [0.4, 0.5) is 11.4 Å². The first-order chi connectivity index (χ1) is 22.5. The molecule has 0 aromatic heterocycles. The Kier molecular flexibility index (Phi) is 11.0. The topological polar surface area (TPSA) is 165 Å². The third-order valence-corrected chi connectivity index (χ3v) is 9.95. The number of sulfone groups is 1. The van der Waals surface area contributed by atoms with Gasteiger partial charge in [-0.3, -0.25) is 24.2 Å². The van der Waals surface area contributed by atoms with Gasteiger partial charge in [0.2, 0.25) is 17.7 Å². The first-order valence-corrected chi connectivity index (χ1v) is 17.3. The Morgan fingerprint density at radius 2 is 1.21 bits per heavy atom. The molecule has 6 aliphatic rings. The van der Waals surface area contributed by atoms with Gasteiger partial charge < -0.3 is 21.1 Å². The minimum absolute atomic E-state index is 0.0408. The van der Waals surface area contributed by atoms with E-state index < -0.39 is 39.4 Å². The van der Waals surface area contributed by atoms with Gasteiger partial charge >= 0.3 is 5.97 Å². The highest BCUT2D eigenvalue weighted by Gasteiger charge is 2.30. The first kappa shape index (κ1) is 33.8. The van der Waals surface area contributed by atoms with Gasteiger partial charge in [-0.2, -0.15) is 0 Å². The summed E-state index contributed by atoms with van der Waals surface area (Å²) in [7, 11) is -3.77. The zero-order valence-electron chi connectivity index (χ0n) is 25.9. The average molecular weight is 662 g/mol. The molecule has 6 bridgehead atoms. The van der Waals surface area contributed by atoms with E-state index in [1.165, 1.54) is 0 Å². The maximum atomic E-state index is 13.6. The SMILES string of the molecule is O=C1CN2CCN(CC2)CC(=O)Nc2ccc(cc2)C[C@@H](C(=O)O)NC(=O)[C@H](CS(=O)(=O)Cc2ccccc2)Cc2ccc(cc2)N1. The lowest BCUT2D eigenvalue weighted by Crippen LogP contribution is -2.50. The number of nitrogens with one attached hydrogen (secondary N) is 3. The molecule has 9 rings (SSSR count). The predicted molar refractivity (Wildman–Crippen MR) is 177 cm³/mol. The summed E-state index contributed by atoms with van der Waals surface area (Å²) >= 11 is 0. The van der Waals surface area contributed by atoms with E-state index in [0.29, 0.717) is 54.2 Å². The highest BCUT2D eigenvalue weighted by Crippen LogP contribution is 2.19. The van der Waals surface area contributed by atoms with E-state index in [4.69, 9.17) is 0 Å². The predicted octanol–water partition coefficient (Wildman–Crippen LogP) is 1.78. The zero-order valence-corrected chi connectivity index (χ0v) is 26.7. The van der Waals surface area contributed by atoms with Crippen molar-refractivity contribution in [3.05, 3.63) is 95.6 Å². The van der Waals surface area contributed by atoms with E-state index in [-0.39, 0.29) is 43.5 Å². The van der Waals surface area contributed by atoms with Crippen molar-refractivity contribution in [1.29, 1.82) is 0 Å². The number of hydrogen-bond donors (Lipinski definition) is 4. The summed E-state index contributed by atoms with van der Waals surface area (Å²) in [5.74, 6) is -4.15. The fourth-order valence-corrected chi connectivity index (χ4v) is 7.49. The number of amides is 3. The van der Waals surface area contributed by atoms with Crippen LogP contribution in [-0.4, -0.2) is 98.1 Å². The number of aliphatic carboxylic acids is 1. The van der Waals surface area contributed by atoms with Crippen LogP contribution in [-0.2, 0) is 47.6 Å². The number of benzene rings is 3. The van der Waals surface area contributed by atoms with Gasteiger partial charge in [0.25, 0.3) is 0 Å². The number of nitrogens with zero attached hydrogens (tertiary/aromatic N) is 2. The second kappa shape index (κ2) is 15.3. The maximum Gasteiger partial charge on any atom is 0.326 e. The Labute approximate surface area is 274 Å². The van der Waals surface area contributed by atoms with E-state index in [1.807, 2.05) is 9.80 Å². The number of anilines is 2. The van der Waals surface area contributed by atoms with Crippen molar-refractivity contribution >= 4 is 44.9 Å². The minimum Gasteiger partial charge on any atom is -0.480 e. The van der Waals surface area contributed by atoms with Crippen LogP contribution < -0.4 is 16.0 Å². The van der Waals surface area contributed by atoms with Crippen LogP contribution in [0.25, 0.3) is 0 Å². The van der Waals surface area contributed by atoms with Gasteiger partial charge in [-0.05, 0) is 47.4 Å². The van der Waals surface area contributed by atoms with Gasteiger partial charge in [0.1, 0.15) is 6.04 Å². The number of carbonyl (C=O) groups is 4. The van der Waals surface area contributed by atoms with Gasteiger partial charge in [-0.1, -0.05) is 54.6 Å². The molecule has 6 aliphatic heterocycles. The van der Waals surface area contributed by atoms with E-state index >= 15 is 0 Å². The number of rotatable bonds is 5. The molecule has 13 heteroatoms. The summed E-state index contributed by atoms with van der Waals surface area (Å²) in [4.78, 5) is 55.4. The third kappa shape index (κ3) is 10.2. The molecule has 12 nitrogen and oxygen atoms in total. The summed E-state index contributed by atoms with van der Waals surface area (Å²) in [6.45, 7) is 2.94. The van der Waals surface area contributed by atoms with Crippen LogP contribution in [0.15, 0.2) is 78.9 Å². The second-order valence-corrected chi connectivity index (χ2v) is 14.2. The molecule has 0 aliphatic carbocycles. The van der Waals surface area contributed by atoms with Crippen molar-refractivity contribution in [2.24, 2.45) is 5.92 Å². The molecule has 0 unspecified atom stereocenters. The summed E-state index contributed by atoms with van der Waals surface area (Å²) in [5.41, 5.74) is 2.97. The van der Waals surface area contributed by atoms with Gasteiger partial charge in [0.15, 0.2) is 9.84 Å². The van der Waals surface area contributed by atoms with Crippen LogP contribution >= 0.6 is 0 Å². The molecule has 47 heavy (non-hydrogen) atoms. The maximum absolute atomic E-state index is 13.6. The number of fused-ring (bicyclic) bond motifs is 1. The largest absolute Gasteiger partial charge is 0.480 e. The lowest BCUT2D eigenvalue weighted by Gasteiger charge is -2.33. The van der Waals surface area contributed by atoms with Crippen LogP contribution in [0.2, 0.25) is 0 Å². The van der Waals surface area contributed by atoms with E-state index in [9.17, 15) is 32.7 Å². The minimum atomic E-state index is -3.77. The van der Waals surface area contributed by atoms with Crippen molar-refractivity contribution in [2.75, 3.05) is 55.7 Å². The van der Waals surface area contributed by atoms with Gasteiger partial charge in [0, 0.05) is 44.0 Å². The van der Waals surface area contributed by atoms with Crippen LogP contribution in [0.3, 0.4) is 0 Å². The lowest BCUT2D eigenvalue weighted by molar-refractivity contribution is -0.142. The van der Waals surface area contributed by atoms with Crippen molar-refractivity contribution in [3.63, 3.8) is 0 Å². The number of piperazine rings is 1. The molecule has 4 N–H and O–H groups in total. The highest BCUT2D eigenvalue weighted by atomic mass is 32.2. The monoisotopic (exact) mass is 661 g/mol. The number of hydrogen-bond acceptors (Lipinski definition) is 8. The van der Waals surface area contributed by atoms with Gasteiger partial charge in [-0.25, -0.2) is 13.2 Å². The van der Waals surface area contributed by atoms with E-state index in [2.05, 4.69) is 16.0 Å². The van der Waals surface area contributed by atoms with Gasteiger partial charge in [-0.15, -0.1) is 0 Å². The second-order valence-electron chi connectivity index (χ2n) is 12.1. The lowest BCUT2D eigenvalue weighted by atomic mass is 9.98. The Morgan fingerprint density at radius 1 is 0.723 bits per heavy atom. The Bertz CT molecular complexity index is 1670. The number of carbonyl (C=O) groups excluding carboxylic acids is 3. The van der Waals surface area contributed by atoms with Crippen LogP contribution in [0.1, 0.15) is 16.7 Å².